The summed E-state index contributed by atoms with van der Waals surface area (Å²) in [6, 6.07) is 17.7. The quantitative estimate of drug-likeness (QED) is 0.581. The van der Waals surface area contributed by atoms with Gasteiger partial charge in [-0.15, -0.1) is 5.10 Å². The molecule has 1 aromatic heterocycles. The molecule has 0 aliphatic carbocycles. The molecule has 0 atom stereocenters. The third-order valence-corrected chi connectivity index (χ3v) is 2.76. The Balaban J connectivity index is 1.66. The van der Waals surface area contributed by atoms with Gasteiger partial charge in [0.25, 0.3) is 0 Å². The normalized spacial score (nSPS) is 10.8. The first kappa shape index (κ1) is 12.1. The molecule has 1 N–H and O–H groups in total. The van der Waals surface area contributed by atoms with Gasteiger partial charge in [0.15, 0.2) is 0 Å². The van der Waals surface area contributed by atoms with Crippen molar-refractivity contribution in [2.75, 3.05) is 5.43 Å². The Morgan fingerprint density at radius 3 is 2.50 bits per heavy atom. The molecule has 0 aliphatic rings. The van der Waals surface area contributed by atoms with E-state index < -0.39 is 0 Å². The molecular weight excluding hydrogens is 250 g/mol. The average Bonchev–Trinajstić information content (AvgIpc) is 3.03. The highest BCUT2D eigenvalue weighted by atomic mass is 15.4. The Morgan fingerprint density at radius 1 is 1.00 bits per heavy atom. The maximum absolute atomic E-state index is 4.19. The van der Waals surface area contributed by atoms with Crippen LogP contribution in [0, 0.1) is 0 Å². The van der Waals surface area contributed by atoms with E-state index in [0.717, 1.165) is 16.9 Å². The average molecular weight is 263 g/mol. The highest BCUT2D eigenvalue weighted by Gasteiger charge is 1.96. The van der Waals surface area contributed by atoms with Crippen LogP contribution in [0.3, 0.4) is 0 Å². The standard InChI is InChI=1S/C15H13N5/c1-2-4-14(5-3-1)18-17-12-13-6-8-15(9-7-13)20-11-10-16-19-20/h1-12,18H. The fraction of sp³-hybridized carbons (Fsp3) is 0. The molecular formula is C15H13N5. The first-order valence-electron chi connectivity index (χ1n) is 6.23. The molecule has 0 saturated carbocycles. The number of hydrogen-bond donors (Lipinski definition) is 1. The summed E-state index contributed by atoms with van der Waals surface area (Å²) in [5.41, 5.74) is 5.92. The number of para-hydroxylation sites is 1. The van der Waals surface area contributed by atoms with Crippen LogP contribution in [0.15, 0.2) is 72.1 Å². The predicted octanol–water partition coefficient (Wildman–Crippen LogP) is 2.71. The largest absolute Gasteiger partial charge is 0.279 e. The Morgan fingerprint density at radius 2 is 1.80 bits per heavy atom. The molecule has 0 amide bonds. The zero-order valence-electron chi connectivity index (χ0n) is 10.7. The summed E-state index contributed by atoms with van der Waals surface area (Å²) in [6.07, 6.45) is 5.23. The van der Waals surface area contributed by atoms with Crippen molar-refractivity contribution in [3.8, 4) is 5.69 Å². The Labute approximate surface area is 116 Å². The molecule has 0 spiro atoms. The minimum atomic E-state index is 0.961. The lowest BCUT2D eigenvalue weighted by atomic mass is 10.2. The highest BCUT2D eigenvalue weighted by molar-refractivity contribution is 5.80. The van der Waals surface area contributed by atoms with Crippen molar-refractivity contribution in [1.29, 1.82) is 0 Å². The summed E-state index contributed by atoms with van der Waals surface area (Å²) in [6.45, 7) is 0. The Kier molecular flexibility index (Phi) is 3.51. The number of aromatic nitrogens is 3. The van der Waals surface area contributed by atoms with Gasteiger partial charge in [0.1, 0.15) is 0 Å². The SMILES string of the molecule is C(=NNc1ccccc1)c1ccc(-n2ccnn2)cc1. The molecule has 98 valence electrons. The van der Waals surface area contributed by atoms with Crippen LogP contribution in [-0.4, -0.2) is 21.2 Å². The number of anilines is 1. The molecule has 0 bridgehead atoms. The van der Waals surface area contributed by atoms with E-state index in [0.29, 0.717) is 0 Å². The number of benzene rings is 2. The van der Waals surface area contributed by atoms with E-state index in [9.17, 15) is 0 Å². The molecule has 0 aliphatic heterocycles. The highest BCUT2D eigenvalue weighted by Crippen LogP contribution is 2.07. The number of nitrogens with one attached hydrogen (secondary N) is 1. The van der Waals surface area contributed by atoms with Gasteiger partial charge in [0, 0.05) is 0 Å². The van der Waals surface area contributed by atoms with Crippen molar-refractivity contribution in [2.45, 2.75) is 0 Å². The summed E-state index contributed by atoms with van der Waals surface area (Å²) in [4.78, 5) is 0. The van der Waals surface area contributed by atoms with Gasteiger partial charge < -0.3 is 0 Å². The lowest BCUT2D eigenvalue weighted by Crippen LogP contribution is -1.95. The van der Waals surface area contributed by atoms with E-state index in [1.165, 1.54) is 0 Å². The first-order valence-corrected chi connectivity index (χ1v) is 6.23. The van der Waals surface area contributed by atoms with Gasteiger partial charge >= 0.3 is 0 Å². The van der Waals surface area contributed by atoms with Crippen molar-refractivity contribution in [3.63, 3.8) is 0 Å². The van der Waals surface area contributed by atoms with Crippen LogP contribution in [0.5, 0.6) is 0 Å². The van der Waals surface area contributed by atoms with E-state index in [2.05, 4.69) is 20.8 Å². The van der Waals surface area contributed by atoms with Crippen molar-refractivity contribution < 1.29 is 0 Å². The second-order valence-corrected chi connectivity index (χ2v) is 4.18. The molecule has 1 heterocycles. The molecule has 0 radical (unpaired) electrons. The minimum Gasteiger partial charge on any atom is -0.279 e. The third-order valence-electron chi connectivity index (χ3n) is 2.76. The number of hydrazone groups is 1. The molecule has 5 nitrogen and oxygen atoms in total. The van der Waals surface area contributed by atoms with E-state index in [-0.39, 0.29) is 0 Å². The van der Waals surface area contributed by atoms with Crippen LogP contribution in [0.25, 0.3) is 5.69 Å². The van der Waals surface area contributed by atoms with Crippen molar-refractivity contribution >= 4 is 11.9 Å². The van der Waals surface area contributed by atoms with Gasteiger partial charge in [0.05, 0.1) is 30.0 Å². The van der Waals surface area contributed by atoms with Crippen molar-refractivity contribution in [2.24, 2.45) is 5.10 Å². The topological polar surface area (TPSA) is 55.1 Å². The second-order valence-electron chi connectivity index (χ2n) is 4.18. The van der Waals surface area contributed by atoms with Gasteiger partial charge in [0.2, 0.25) is 0 Å². The van der Waals surface area contributed by atoms with Crippen LogP contribution < -0.4 is 5.43 Å². The molecule has 0 fully saturated rings. The molecule has 3 aromatic rings. The fourth-order valence-corrected chi connectivity index (χ4v) is 1.75. The van der Waals surface area contributed by atoms with Gasteiger partial charge in [-0.25, -0.2) is 4.68 Å². The summed E-state index contributed by atoms with van der Waals surface area (Å²) < 4.78 is 1.71. The van der Waals surface area contributed by atoms with E-state index in [1.807, 2.05) is 54.6 Å². The van der Waals surface area contributed by atoms with E-state index in [4.69, 9.17) is 0 Å². The second kappa shape index (κ2) is 5.79. The van der Waals surface area contributed by atoms with Gasteiger partial charge in [-0.2, -0.15) is 5.10 Å². The molecule has 20 heavy (non-hydrogen) atoms. The molecule has 0 unspecified atom stereocenters. The smallest absolute Gasteiger partial charge is 0.0697 e. The lowest BCUT2D eigenvalue weighted by Gasteiger charge is -2.01. The Hall–Kier alpha value is -2.95. The molecule has 0 saturated heterocycles. The van der Waals surface area contributed by atoms with Crippen LogP contribution in [0.2, 0.25) is 0 Å². The fourth-order valence-electron chi connectivity index (χ4n) is 1.75. The Bertz CT molecular complexity index is 672. The van der Waals surface area contributed by atoms with Crippen LogP contribution in [0.4, 0.5) is 5.69 Å². The molecule has 3 rings (SSSR count). The maximum atomic E-state index is 4.19. The van der Waals surface area contributed by atoms with Gasteiger partial charge in [-0.05, 0) is 29.8 Å². The number of hydrogen-bond acceptors (Lipinski definition) is 4. The maximum Gasteiger partial charge on any atom is 0.0697 e. The number of nitrogens with zero attached hydrogens (tertiary/aromatic N) is 4. The van der Waals surface area contributed by atoms with Crippen molar-refractivity contribution in [3.05, 3.63) is 72.6 Å². The summed E-state index contributed by atoms with van der Waals surface area (Å²) in [5.74, 6) is 0. The summed E-state index contributed by atoms with van der Waals surface area (Å²) >= 11 is 0. The zero-order valence-corrected chi connectivity index (χ0v) is 10.7. The lowest BCUT2D eigenvalue weighted by molar-refractivity contribution is 0.803. The van der Waals surface area contributed by atoms with Crippen LogP contribution in [0.1, 0.15) is 5.56 Å². The zero-order chi connectivity index (χ0) is 13.6. The van der Waals surface area contributed by atoms with Gasteiger partial charge in [-0.3, -0.25) is 5.43 Å². The minimum absolute atomic E-state index is 0.961. The molecule has 5 heteroatoms. The predicted molar refractivity (Wildman–Crippen MR) is 79.0 cm³/mol. The van der Waals surface area contributed by atoms with Crippen molar-refractivity contribution in [1.82, 2.24) is 15.0 Å². The monoisotopic (exact) mass is 263 g/mol. The summed E-state index contributed by atoms with van der Waals surface area (Å²) in [5, 5.41) is 11.9. The summed E-state index contributed by atoms with van der Waals surface area (Å²) in [7, 11) is 0. The first-order chi connectivity index (χ1) is 9.92. The van der Waals surface area contributed by atoms with Gasteiger partial charge in [-0.1, -0.05) is 35.5 Å². The number of rotatable bonds is 4. The van der Waals surface area contributed by atoms with Crippen LogP contribution in [-0.2, 0) is 0 Å². The van der Waals surface area contributed by atoms with Crippen LogP contribution >= 0.6 is 0 Å². The third kappa shape index (κ3) is 2.89. The van der Waals surface area contributed by atoms with E-state index in [1.54, 1.807) is 23.3 Å². The molecule has 2 aromatic carbocycles. The van der Waals surface area contributed by atoms with E-state index >= 15 is 0 Å².